The van der Waals surface area contributed by atoms with Crippen LogP contribution in [0.15, 0.2) is 30.6 Å². The lowest BCUT2D eigenvalue weighted by atomic mass is 10.1. The van der Waals surface area contributed by atoms with Gasteiger partial charge in [-0.25, -0.2) is 9.97 Å². The third-order valence-corrected chi connectivity index (χ3v) is 6.63. The first-order valence-corrected chi connectivity index (χ1v) is 12.0. The van der Waals surface area contributed by atoms with Gasteiger partial charge in [-0.1, -0.05) is 17.7 Å². The third-order valence-electron chi connectivity index (χ3n) is 5.52. The largest absolute Gasteiger partial charge is 0.494 e. The molecule has 0 spiro atoms. The van der Waals surface area contributed by atoms with Gasteiger partial charge in [0.2, 0.25) is 5.95 Å². The molecule has 1 aliphatic heterocycles. The number of methoxy groups -OCH3 is 3. The Hall–Kier alpha value is -2.60. The number of aromatic nitrogens is 5. The van der Waals surface area contributed by atoms with Crippen LogP contribution in [0.3, 0.4) is 0 Å². The standard InChI is InChI=1S/C22H27ClN6O4S/c1-13(19(32-4)20-24-10-15(23)11-25-20)34-28-22-27-26-21(14-8-9-33-12-14)29(22)18-16(30-2)6-5-7-17(18)31-3/h5-7,10-11,13-14,19H,8-9,12H2,1-4H3,(H,27,28). The van der Waals surface area contributed by atoms with Crippen molar-refractivity contribution in [3.05, 3.63) is 47.3 Å². The zero-order valence-electron chi connectivity index (χ0n) is 19.4. The van der Waals surface area contributed by atoms with E-state index in [1.165, 1.54) is 11.9 Å². The van der Waals surface area contributed by atoms with Gasteiger partial charge >= 0.3 is 0 Å². The fourth-order valence-electron chi connectivity index (χ4n) is 3.82. The van der Waals surface area contributed by atoms with Gasteiger partial charge in [-0.15, -0.1) is 10.2 Å². The van der Waals surface area contributed by atoms with E-state index in [1.54, 1.807) is 33.7 Å². The van der Waals surface area contributed by atoms with Crippen LogP contribution in [0.25, 0.3) is 5.69 Å². The Bertz CT molecular complexity index is 1070. The number of nitrogens with one attached hydrogen (secondary N) is 1. The summed E-state index contributed by atoms with van der Waals surface area (Å²) in [6, 6.07) is 5.64. The normalized spacial score (nSPS) is 17.4. The second kappa shape index (κ2) is 11.2. The van der Waals surface area contributed by atoms with Crippen molar-refractivity contribution in [3.63, 3.8) is 0 Å². The summed E-state index contributed by atoms with van der Waals surface area (Å²) in [5, 5.41) is 9.36. The second-order valence-corrected chi connectivity index (χ2v) is 9.25. The first-order chi connectivity index (χ1) is 16.6. The molecule has 2 aromatic heterocycles. The van der Waals surface area contributed by atoms with Crippen molar-refractivity contribution in [1.82, 2.24) is 24.7 Å². The van der Waals surface area contributed by atoms with Crippen LogP contribution in [0.4, 0.5) is 5.95 Å². The highest BCUT2D eigenvalue weighted by Crippen LogP contribution is 2.39. The molecule has 1 aliphatic rings. The predicted octanol–water partition coefficient (Wildman–Crippen LogP) is 4.07. The summed E-state index contributed by atoms with van der Waals surface area (Å²) in [7, 11) is 4.88. The summed E-state index contributed by atoms with van der Waals surface area (Å²) in [6.45, 7) is 3.28. The predicted molar refractivity (Wildman–Crippen MR) is 130 cm³/mol. The van der Waals surface area contributed by atoms with Gasteiger partial charge in [-0.2, -0.15) is 0 Å². The summed E-state index contributed by atoms with van der Waals surface area (Å²) >= 11 is 7.36. The van der Waals surface area contributed by atoms with E-state index in [2.05, 4.69) is 24.9 Å². The molecule has 0 saturated carbocycles. The minimum absolute atomic E-state index is 0.0749. The Kier molecular flexibility index (Phi) is 8.09. The van der Waals surface area contributed by atoms with Gasteiger partial charge in [0.05, 0.1) is 31.1 Å². The van der Waals surface area contributed by atoms with Gasteiger partial charge in [-0.05, 0) is 37.4 Å². The summed E-state index contributed by atoms with van der Waals surface area (Å²) in [5.41, 5.74) is 0.722. The minimum Gasteiger partial charge on any atom is -0.494 e. The van der Waals surface area contributed by atoms with E-state index < -0.39 is 0 Å². The smallest absolute Gasteiger partial charge is 0.239 e. The SMILES string of the molecule is COc1cccc(OC)c1-n1c(NSC(C)C(OC)c2ncc(Cl)cn2)nnc1C1CCOC1. The molecule has 0 aliphatic carbocycles. The fourth-order valence-corrected chi connectivity index (χ4v) is 4.70. The van der Waals surface area contributed by atoms with Crippen LogP contribution in [0.2, 0.25) is 5.02 Å². The van der Waals surface area contributed by atoms with Gasteiger partial charge in [0, 0.05) is 32.0 Å². The molecule has 3 atom stereocenters. The Morgan fingerprint density at radius 1 is 1.15 bits per heavy atom. The van der Waals surface area contributed by atoms with E-state index in [0.717, 1.165) is 17.9 Å². The first-order valence-electron chi connectivity index (χ1n) is 10.7. The second-order valence-electron chi connectivity index (χ2n) is 7.63. The number of rotatable bonds is 10. The van der Waals surface area contributed by atoms with Gasteiger partial charge in [0.15, 0.2) is 5.82 Å². The molecule has 0 amide bonds. The topological polar surface area (TPSA) is 105 Å². The van der Waals surface area contributed by atoms with Gasteiger partial charge in [0.1, 0.15) is 29.1 Å². The Balaban J connectivity index is 1.66. The molecule has 3 unspecified atom stereocenters. The van der Waals surface area contributed by atoms with Crippen LogP contribution in [0.5, 0.6) is 11.5 Å². The number of anilines is 1. The van der Waals surface area contributed by atoms with Crippen LogP contribution in [-0.2, 0) is 9.47 Å². The first kappa shape index (κ1) is 24.5. The van der Waals surface area contributed by atoms with Crippen molar-refractivity contribution in [2.45, 2.75) is 30.6 Å². The number of para-hydroxylation sites is 1. The van der Waals surface area contributed by atoms with Crippen molar-refractivity contribution >= 4 is 29.5 Å². The van der Waals surface area contributed by atoms with Crippen molar-refractivity contribution in [2.75, 3.05) is 39.3 Å². The van der Waals surface area contributed by atoms with E-state index in [1.807, 2.05) is 29.7 Å². The van der Waals surface area contributed by atoms with Crippen LogP contribution >= 0.6 is 23.5 Å². The average Bonchev–Trinajstić information content (AvgIpc) is 3.53. The molecule has 1 N–H and O–H groups in total. The molecule has 0 radical (unpaired) electrons. The van der Waals surface area contributed by atoms with Gasteiger partial charge in [0.25, 0.3) is 0 Å². The minimum atomic E-state index is -0.366. The lowest BCUT2D eigenvalue weighted by Crippen LogP contribution is -2.19. The molecule has 10 nitrogen and oxygen atoms in total. The Morgan fingerprint density at radius 3 is 2.44 bits per heavy atom. The molecule has 1 fully saturated rings. The van der Waals surface area contributed by atoms with E-state index in [9.17, 15) is 0 Å². The zero-order valence-corrected chi connectivity index (χ0v) is 21.0. The average molecular weight is 507 g/mol. The molecule has 1 aromatic carbocycles. The molecule has 1 saturated heterocycles. The fraction of sp³-hybridized carbons (Fsp3) is 0.455. The summed E-state index contributed by atoms with van der Waals surface area (Å²) in [4.78, 5) is 8.61. The maximum Gasteiger partial charge on any atom is 0.239 e. The highest BCUT2D eigenvalue weighted by Gasteiger charge is 2.30. The molecular weight excluding hydrogens is 480 g/mol. The Labute approximate surface area is 207 Å². The third kappa shape index (κ3) is 5.07. The van der Waals surface area contributed by atoms with Gasteiger partial charge < -0.3 is 18.9 Å². The molecule has 0 bridgehead atoms. The lowest BCUT2D eigenvalue weighted by molar-refractivity contribution is 0.0972. The summed E-state index contributed by atoms with van der Waals surface area (Å²) in [5.74, 6) is 3.25. The van der Waals surface area contributed by atoms with Crippen LogP contribution in [-0.4, -0.2) is 64.5 Å². The highest BCUT2D eigenvalue weighted by molar-refractivity contribution is 8.01. The Morgan fingerprint density at radius 2 is 1.85 bits per heavy atom. The maximum absolute atomic E-state index is 5.93. The zero-order chi connectivity index (χ0) is 24.1. The van der Waals surface area contributed by atoms with E-state index in [0.29, 0.717) is 41.5 Å². The molecular formula is C22H27ClN6O4S. The van der Waals surface area contributed by atoms with E-state index in [4.69, 9.17) is 30.5 Å². The molecule has 182 valence electrons. The van der Waals surface area contributed by atoms with Crippen molar-refractivity contribution in [1.29, 1.82) is 0 Å². The quantitative estimate of drug-likeness (QED) is 0.404. The van der Waals surface area contributed by atoms with Crippen molar-refractivity contribution < 1.29 is 18.9 Å². The lowest BCUT2D eigenvalue weighted by Gasteiger charge is -2.22. The van der Waals surface area contributed by atoms with Crippen molar-refractivity contribution in [2.24, 2.45) is 0 Å². The van der Waals surface area contributed by atoms with Crippen molar-refractivity contribution in [3.8, 4) is 17.2 Å². The number of hydrogen-bond donors (Lipinski definition) is 1. The van der Waals surface area contributed by atoms with Crippen LogP contribution in [0.1, 0.15) is 37.0 Å². The molecule has 3 aromatic rings. The molecule has 34 heavy (non-hydrogen) atoms. The van der Waals surface area contributed by atoms with Crippen LogP contribution in [0, 0.1) is 0 Å². The monoisotopic (exact) mass is 506 g/mol. The number of hydrogen-bond acceptors (Lipinski definition) is 10. The molecule has 4 rings (SSSR count). The number of ether oxygens (including phenoxy) is 4. The summed E-state index contributed by atoms with van der Waals surface area (Å²) in [6.07, 6.45) is 3.61. The molecule has 12 heteroatoms. The number of halogens is 1. The number of benzene rings is 1. The van der Waals surface area contributed by atoms with Crippen LogP contribution < -0.4 is 14.2 Å². The maximum atomic E-state index is 5.93. The van der Waals surface area contributed by atoms with E-state index >= 15 is 0 Å². The molecule has 3 heterocycles. The van der Waals surface area contributed by atoms with E-state index in [-0.39, 0.29) is 17.3 Å². The highest BCUT2D eigenvalue weighted by atomic mass is 35.5. The summed E-state index contributed by atoms with van der Waals surface area (Å²) < 4.78 is 27.9. The van der Waals surface area contributed by atoms with Gasteiger partial charge in [-0.3, -0.25) is 9.29 Å². The number of nitrogens with zero attached hydrogens (tertiary/aromatic N) is 5.